The monoisotopic (exact) mass is 520 g/mol. The van der Waals surface area contributed by atoms with Crippen molar-refractivity contribution in [2.45, 2.75) is 70.0 Å². The molecule has 2 saturated carbocycles. The summed E-state index contributed by atoms with van der Waals surface area (Å²) < 4.78 is 45.0. The third-order valence-electron chi connectivity index (χ3n) is 7.39. The summed E-state index contributed by atoms with van der Waals surface area (Å²) in [5.41, 5.74) is -0.660. The highest BCUT2D eigenvalue weighted by Gasteiger charge is 2.36. The molecule has 0 unspecified atom stereocenters. The minimum Gasteiger partial charge on any atom is -0.467 e. The summed E-state index contributed by atoms with van der Waals surface area (Å²) in [4.78, 5) is 53.8. The van der Waals surface area contributed by atoms with Crippen LogP contribution in [0.15, 0.2) is 24.3 Å². The number of halogens is 3. The number of hydrogen-bond acceptors (Lipinski definition) is 5. The van der Waals surface area contributed by atoms with Crippen LogP contribution in [0.1, 0.15) is 73.8 Å². The van der Waals surface area contributed by atoms with Crippen molar-refractivity contribution in [3.63, 3.8) is 0 Å². The first kappa shape index (κ1) is 26.9. The number of carbonyl (C=O) groups is 4. The molecular weight excluding hydrogens is 489 g/mol. The number of benzene rings is 1. The van der Waals surface area contributed by atoms with Gasteiger partial charge in [-0.25, -0.2) is 4.79 Å². The number of H-pyrrole nitrogens is 1. The molecule has 2 aliphatic carbocycles. The van der Waals surface area contributed by atoms with Gasteiger partial charge in [0.25, 0.3) is 0 Å². The number of aromatic amines is 1. The molecule has 1 aromatic carbocycles. The molecule has 1 amide bonds. The highest BCUT2D eigenvalue weighted by Crippen LogP contribution is 2.38. The fourth-order valence-electron chi connectivity index (χ4n) is 5.16. The first-order chi connectivity index (χ1) is 17.6. The van der Waals surface area contributed by atoms with Crippen molar-refractivity contribution in [1.82, 2.24) is 10.3 Å². The van der Waals surface area contributed by atoms with Crippen LogP contribution in [0.2, 0.25) is 0 Å². The van der Waals surface area contributed by atoms with E-state index in [-0.39, 0.29) is 47.1 Å². The van der Waals surface area contributed by atoms with Gasteiger partial charge in [-0.15, -0.1) is 0 Å². The molecule has 200 valence electrons. The summed E-state index contributed by atoms with van der Waals surface area (Å²) in [6, 6.07) is 3.85. The maximum atomic E-state index is 13.4. The molecule has 0 bridgehead atoms. The molecule has 0 aliphatic heterocycles. The number of amides is 1. The van der Waals surface area contributed by atoms with Crippen LogP contribution in [0.5, 0.6) is 0 Å². The van der Waals surface area contributed by atoms with Crippen molar-refractivity contribution >= 4 is 34.3 Å². The Hall–Kier alpha value is -3.17. The summed E-state index contributed by atoms with van der Waals surface area (Å²) >= 11 is 0. The maximum absolute atomic E-state index is 13.4. The quantitative estimate of drug-likeness (QED) is 0.340. The number of alkyl halides is 3. The smallest absolute Gasteiger partial charge is 0.417 e. The van der Waals surface area contributed by atoms with Crippen molar-refractivity contribution < 1.29 is 37.1 Å². The second-order valence-corrected chi connectivity index (χ2v) is 10.2. The van der Waals surface area contributed by atoms with Crippen LogP contribution < -0.4 is 5.32 Å². The van der Waals surface area contributed by atoms with E-state index in [2.05, 4.69) is 10.3 Å². The molecule has 2 aromatic rings. The Kier molecular flexibility index (Phi) is 8.04. The van der Waals surface area contributed by atoms with Crippen LogP contribution in [-0.2, 0) is 25.3 Å². The predicted octanol–water partition coefficient (Wildman–Crippen LogP) is 4.98. The van der Waals surface area contributed by atoms with Crippen LogP contribution in [0.4, 0.5) is 13.2 Å². The number of nitrogens with one attached hydrogen (secondary N) is 2. The number of aromatic nitrogens is 1. The van der Waals surface area contributed by atoms with Gasteiger partial charge in [0.05, 0.1) is 18.4 Å². The number of hydrogen-bond donors (Lipinski definition) is 2. The SMILES string of the molecule is COC(=O)[C@H](C[C@@H]1CCCCC1=O)NC(=O)[C@@H](CC(=O)c1cc2c(C(F)(F)F)cccc2[nH]1)CC1CC1. The lowest BCUT2D eigenvalue weighted by atomic mass is 9.83. The number of carbonyl (C=O) groups excluding carboxylic acids is 4. The van der Waals surface area contributed by atoms with Gasteiger partial charge in [0, 0.05) is 35.6 Å². The number of esters is 1. The van der Waals surface area contributed by atoms with Gasteiger partial charge in [-0.05, 0) is 49.8 Å². The van der Waals surface area contributed by atoms with Crippen molar-refractivity contribution in [3.05, 3.63) is 35.5 Å². The minimum absolute atomic E-state index is 0.00221. The molecule has 3 atom stereocenters. The Labute approximate surface area is 212 Å². The fourth-order valence-corrected chi connectivity index (χ4v) is 5.16. The topological polar surface area (TPSA) is 105 Å². The van der Waals surface area contributed by atoms with E-state index < -0.39 is 41.4 Å². The van der Waals surface area contributed by atoms with E-state index >= 15 is 0 Å². The molecule has 1 aromatic heterocycles. The molecular formula is C27H31F3N2O5. The van der Waals surface area contributed by atoms with E-state index in [1.807, 2.05) is 0 Å². The Morgan fingerprint density at radius 1 is 1.14 bits per heavy atom. The van der Waals surface area contributed by atoms with Gasteiger partial charge in [-0.3, -0.25) is 14.4 Å². The summed E-state index contributed by atoms with van der Waals surface area (Å²) in [7, 11) is 1.21. The number of ether oxygens (including phenoxy) is 1. The van der Waals surface area contributed by atoms with E-state index in [1.165, 1.54) is 25.3 Å². The molecule has 0 spiro atoms. The van der Waals surface area contributed by atoms with Crippen LogP contribution in [0, 0.1) is 17.8 Å². The van der Waals surface area contributed by atoms with Gasteiger partial charge < -0.3 is 15.0 Å². The van der Waals surface area contributed by atoms with Gasteiger partial charge in [-0.2, -0.15) is 13.2 Å². The van der Waals surface area contributed by atoms with Gasteiger partial charge in [0.2, 0.25) is 5.91 Å². The first-order valence-corrected chi connectivity index (χ1v) is 12.7. The zero-order valence-corrected chi connectivity index (χ0v) is 20.7. The van der Waals surface area contributed by atoms with Crippen LogP contribution in [-0.4, -0.2) is 41.6 Å². The van der Waals surface area contributed by atoms with E-state index in [0.29, 0.717) is 19.3 Å². The van der Waals surface area contributed by atoms with E-state index in [4.69, 9.17) is 4.74 Å². The van der Waals surface area contributed by atoms with Gasteiger partial charge in [0.1, 0.15) is 11.8 Å². The van der Waals surface area contributed by atoms with Gasteiger partial charge in [0.15, 0.2) is 5.78 Å². The fraction of sp³-hybridized carbons (Fsp3) is 0.556. The molecule has 1 heterocycles. The number of fused-ring (bicyclic) bond motifs is 1. The van der Waals surface area contributed by atoms with Crippen LogP contribution in [0.3, 0.4) is 0 Å². The number of methoxy groups -OCH3 is 1. The lowest BCUT2D eigenvalue weighted by Gasteiger charge is -2.26. The van der Waals surface area contributed by atoms with Gasteiger partial charge >= 0.3 is 12.1 Å². The van der Waals surface area contributed by atoms with E-state index in [0.717, 1.165) is 31.7 Å². The summed E-state index contributed by atoms with van der Waals surface area (Å²) in [6.45, 7) is 0. The highest BCUT2D eigenvalue weighted by molar-refractivity contribution is 6.02. The lowest BCUT2D eigenvalue weighted by molar-refractivity contribution is -0.146. The second-order valence-electron chi connectivity index (χ2n) is 10.2. The molecule has 0 saturated heterocycles. The first-order valence-electron chi connectivity index (χ1n) is 12.7. The van der Waals surface area contributed by atoms with Crippen LogP contribution >= 0.6 is 0 Å². The zero-order chi connectivity index (χ0) is 26.7. The van der Waals surface area contributed by atoms with Crippen molar-refractivity contribution in [2.24, 2.45) is 17.8 Å². The molecule has 37 heavy (non-hydrogen) atoms. The standard InChI is InChI=1S/C27H31F3N2O5/c1-37-26(36)22(12-16-5-2-3-8-23(16)33)32-25(35)17(11-15-9-10-15)13-24(34)21-14-18-19(27(28,29)30)6-4-7-20(18)31-21/h4,6-7,14-17,22,31H,2-3,5,8-13H2,1H3,(H,32,35)/t16-,17+,22-/m0/s1. The normalized spacial score (nSPS) is 19.9. The summed E-state index contributed by atoms with van der Waals surface area (Å²) in [5, 5.41) is 2.60. The third-order valence-corrected chi connectivity index (χ3v) is 7.39. The number of Topliss-reactive ketones (excluding diaryl/α,β-unsaturated/α-hetero) is 2. The van der Waals surface area contributed by atoms with Crippen molar-refractivity contribution in [2.75, 3.05) is 7.11 Å². The number of rotatable bonds is 10. The Morgan fingerprint density at radius 3 is 2.54 bits per heavy atom. The molecule has 2 aliphatic rings. The maximum Gasteiger partial charge on any atom is 0.417 e. The molecule has 7 nitrogen and oxygen atoms in total. The predicted molar refractivity (Wildman–Crippen MR) is 129 cm³/mol. The second kappa shape index (κ2) is 11.1. The average molecular weight is 521 g/mol. The van der Waals surface area contributed by atoms with E-state index in [9.17, 15) is 32.3 Å². The zero-order valence-electron chi connectivity index (χ0n) is 20.7. The van der Waals surface area contributed by atoms with Crippen LogP contribution in [0.25, 0.3) is 10.9 Å². The highest BCUT2D eigenvalue weighted by atomic mass is 19.4. The lowest BCUT2D eigenvalue weighted by Crippen LogP contribution is -2.46. The van der Waals surface area contributed by atoms with E-state index in [1.54, 1.807) is 0 Å². The Balaban J connectivity index is 1.50. The summed E-state index contributed by atoms with van der Waals surface area (Å²) in [5.74, 6) is -2.39. The van der Waals surface area contributed by atoms with Crippen molar-refractivity contribution in [1.29, 1.82) is 0 Å². The van der Waals surface area contributed by atoms with Crippen molar-refractivity contribution in [3.8, 4) is 0 Å². The molecule has 10 heteroatoms. The number of ketones is 2. The third kappa shape index (κ3) is 6.59. The Morgan fingerprint density at radius 2 is 1.89 bits per heavy atom. The molecule has 4 rings (SSSR count). The summed E-state index contributed by atoms with van der Waals surface area (Å²) in [6.07, 6.45) is 0.425. The average Bonchev–Trinajstić information content (AvgIpc) is 3.56. The molecule has 0 radical (unpaired) electrons. The largest absolute Gasteiger partial charge is 0.467 e. The Bertz CT molecular complexity index is 1180. The minimum atomic E-state index is -4.57. The molecule has 2 fully saturated rings. The van der Waals surface area contributed by atoms with Gasteiger partial charge in [-0.1, -0.05) is 25.3 Å². The molecule has 2 N–H and O–H groups in total.